The zero-order chi connectivity index (χ0) is 11.3. The highest BCUT2D eigenvalue weighted by atomic mass is 19.3. The third-order valence-corrected chi connectivity index (χ3v) is 1.68. The second-order valence-electron chi connectivity index (χ2n) is 2.94. The molecule has 5 nitrogen and oxygen atoms in total. The van der Waals surface area contributed by atoms with E-state index < -0.39 is 24.9 Å². The fourth-order valence-electron chi connectivity index (χ4n) is 0.856. The molecule has 0 aromatic rings. The molecular formula is C8H12F2N2O3. The molecule has 3 N–H and O–H groups in total. The number of amides is 1. The predicted molar refractivity (Wildman–Crippen MR) is 47.0 cm³/mol. The topological polar surface area (TPSA) is 73.6 Å². The van der Waals surface area contributed by atoms with Gasteiger partial charge in [-0.25, -0.2) is 8.78 Å². The Morgan fingerprint density at radius 2 is 2.33 bits per heavy atom. The lowest BCUT2D eigenvalue weighted by atomic mass is 10.3. The van der Waals surface area contributed by atoms with E-state index in [1.165, 1.54) is 0 Å². The SMILES string of the molecule is NCC(F)(F)CNC(=O)C1=COCCO1. The van der Waals surface area contributed by atoms with Crippen molar-refractivity contribution in [1.29, 1.82) is 0 Å². The fourth-order valence-corrected chi connectivity index (χ4v) is 0.856. The van der Waals surface area contributed by atoms with Gasteiger partial charge in [0.05, 0.1) is 13.1 Å². The van der Waals surface area contributed by atoms with E-state index in [0.717, 1.165) is 6.26 Å². The Kier molecular flexibility index (Phi) is 3.84. The van der Waals surface area contributed by atoms with Gasteiger partial charge in [-0.2, -0.15) is 0 Å². The van der Waals surface area contributed by atoms with Crippen molar-refractivity contribution in [3.63, 3.8) is 0 Å². The lowest BCUT2D eigenvalue weighted by Crippen LogP contribution is -2.42. The summed E-state index contributed by atoms with van der Waals surface area (Å²) in [6.45, 7) is -1.06. The number of halogens is 2. The second kappa shape index (κ2) is 4.92. The van der Waals surface area contributed by atoms with Gasteiger partial charge < -0.3 is 20.5 Å². The molecule has 0 radical (unpaired) electrons. The van der Waals surface area contributed by atoms with Gasteiger partial charge in [0.25, 0.3) is 11.8 Å². The summed E-state index contributed by atoms with van der Waals surface area (Å²) in [4.78, 5) is 11.2. The molecule has 15 heavy (non-hydrogen) atoms. The largest absolute Gasteiger partial charge is 0.494 e. The predicted octanol–water partition coefficient (Wildman–Crippen LogP) is -0.415. The van der Waals surface area contributed by atoms with E-state index in [1.54, 1.807) is 0 Å². The number of nitrogens with two attached hydrogens (primary N) is 1. The zero-order valence-corrected chi connectivity index (χ0v) is 7.96. The molecule has 0 spiro atoms. The Balaban J connectivity index is 2.39. The summed E-state index contributed by atoms with van der Waals surface area (Å²) in [6.07, 6.45) is 1.10. The fraction of sp³-hybridized carbons (Fsp3) is 0.625. The van der Waals surface area contributed by atoms with Crippen molar-refractivity contribution >= 4 is 5.91 Å². The van der Waals surface area contributed by atoms with Crippen molar-refractivity contribution < 1.29 is 23.0 Å². The maximum Gasteiger partial charge on any atom is 0.289 e. The Labute approximate surface area is 85.2 Å². The number of hydrogen-bond donors (Lipinski definition) is 2. The Hall–Kier alpha value is -1.37. The number of alkyl halides is 2. The van der Waals surface area contributed by atoms with Crippen LogP contribution in [-0.2, 0) is 14.3 Å². The molecular weight excluding hydrogens is 210 g/mol. The van der Waals surface area contributed by atoms with E-state index in [1.807, 2.05) is 5.32 Å². The minimum atomic E-state index is -3.11. The average molecular weight is 222 g/mol. The molecule has 1 aliphatic rings. The molecule has 0 unspecified atom stereocenters. The van der Waals surface area contributed by atoms with Crippen LogP contribution in [0.1, 0.15) is 0 Å². The quantitative estimate of drug-likeness (QED) is 0.677. The summed E-state index contributed by atoms with van der Waals surface area (Å²) < 4.78 is 35.0. The van der Waals surface area contributed by atoms with Crippen molar-refractivity contribution in [2.45, 2.75) is 5.92 Å². The van der Waals surface area contributed by atoms with Crippen molar-refractivity contribution in [3.8, 4) is 0 Å². The van der Waals surface area contributed by atoms with Gasteiger partial charge in [0.15, 0.2) is 0 Å². The van der Waals surface area contributed by atoms with Gasteiger partial charge in [-0.3, -0.25) is 4.79 Å². The van der Waals surface area contributed by atoms with Crippen LogP contribution >= 0.6 is 0 Å². The summed E-state index contributed by atoms with van der Waals surface area (Å²) in [5.74, 6) is -3.94. The third kappa shape index (κ3) is 3.70. The van der Waals surface area contributed by atoms with Crippen LogP contribution in [-0.4, -0.2) is 38.1 Å². The normalized spacial score (nSPS) is 16.1. The van der Waals surface area contributed by atoms with Gasteiger partial charge in [0, 0.05) is 0 Å². The van der Waals surface area contributed by atoms with Gasteiger partial charge in [-0.05, 0) is 0 Å². The summed E-state index contributed by atoms with van der Waals surface area (Å²) >= 11 is 0. The van der Waals surface area contributed by atoms with E-state index in [0.29, 0.717) is 6.61 Å². The highest BCUT2D eigenvalue weighted by Crippen LogP contribution is 2.10. The molecule has 1 rings (SSSR count). The van der Waals surface area contributed by atoms with E-state index in [2.05, 4.69) is 0 Å². The number of rotatable bonds is 4. The molecule has 0 fully saturated rings. The molecule has 1 heterocycles. The lowest BCUT2D eigenvalue weighted by molar-refractivity contribution is -0.124. The van der Waals surface area contributed by atoms with Crippen LogP contribution < -0.4 is 11.1 Å². The van der Waals surface area contributed by atoms with Crippen molar-refractivity contribution in [2.24, 2.45) is 5.73 Å². The number of carbonyl (C=O) groups is 1. The van der Waals surface area contributed by atoms with Gasteiger partial charge in [-0.15, -0.1) is 0 Å². The molecule has 0 aromatic heterocycles. The van der Waals surface area contributed by atoms with E-state index in [9.17, 15) is 13.6 Å². The lowest BCUT2D eigenvalue weighted by Gasteiger charge is -2.17. The highest BCUT2D eigenvalue weighted by Gasteiger charge is 2.28. The first-order chi connectivity index (χ1) is 7.05. The maximum absolute atomic E-state index is 12.6. The van der Waals surface area contributed by atoms with Gasteiger partial charge in [0.1, 0.15) is 19.5 Å². The molecule has 1 amide bonds. The molecule has 1 aliphatic heterocycles. The van der Waals surface area contributed by atoms with Crippen LogP contribution in [0.15, 0.2) is 12.0 Å². The first-order valence-corrected chi connectivity index (χ1v) is 4.36. The van der Waals surface area contributed by atoms with Crippen LogP contribution in [0.25, 0.3) is 0 Å². The van der Waals surface area contributed by atoms with Crippen molar-refractivity contribution in [1.82, 2.24) is 5.32 Å². The Bertz CT molecular complexity index is 269. The Morgan fingerprint density at radius 1 is 1.60 bits per heavy atom. The first kappa shape index (κ1) is 11.7. The molecule has 0 bridgehead atoms. The summed E-state index contributed by atoms with van der Waals surface area (Å²) in [5.41, 5.74) is 4.80. The minimum absolute atomic E-state index is 0.103. The molecule has 0 atom stereocenters. The summed E-state index contributed by atoms with van der Waals surface area (Å²) in [7, 11) is 0. The summed E-state index contributed by atoms with van der Waals surface area (Å²) in [5, 5.41) is 2.00. The molecule has 7 heteroatoms. The first-order valence-electron chi connectivity index (χ1n) is 4.36. The molecule has 0 aliphatic carbocycles. The maximum atomic E-state index is 12.6. The smallest absolute Gasteiger partial charge is 0.289 e. The van der Waals surface area contributed by atoms with Gasteiger partial charge in [-0.1, -0.05) is 0 Å². The summed E-state index contributed by atoms with van der Waals surface area (Å²) in [6, 6.07) is 0. The molecule has 0 saturated carbocycles. The van der Waals surface area contributed by atoms with E-state index >= 15 is 0 Å². The van der Waals surface area contributed by atoms with Crippen molar-refractivity contribution in [3.05, 3.63) is 12.0 Å². The van der Waals surface area contributed by atoms with Crippen LogP contribution in [0.3, 0.4) is 0 Å². The highest BCUT2D eigenvalue weighted by molar-refractivity contribution is 5.91. The second-order valence-corrected chi connectivity index (χ2v) is 2.94. The van der Waals surface area contributed by atoms with Crippen LogP contribution in [0.5, 0.6) is 0 Å². The van der Waals surface area contributed by atoms with Crippen molar-refractivity contribution in [2.75, 3.05) is 26.3 Å². The van der Waals surface area contributed by atoms with E-state index in [-0.39, 0.29) is 12.4 Å². The minimum Gasteiger partial charge on any atom is -0.494 e. The standard InChI is InChI=1S/C8H12F2N2O3/c9-8(10,4-11)5-12-7(13)6-3-14-1-2-15-6/h3H,1-2,4-5,11H2,(H,12,13). The van der Waals surface area contributed by atoms with Crippen LogP contribution in [0, 0.1) is 0 Å². The number of hydrogen-bond acceptors (Lipinski definition) is 4. The molecule has 0 aromatic carbocycles. The van der Waals surface area contributed by atoms with E-state index in [4.69, 9.17) is 15.2 Å². The molecule has 0 saturated heterocycles. The average Bonchev–Trinajstić information content (AvgIpc) is 2.27. The van der Waals surface area contributed by atoms with Gasteiger partial charge >= 0.3 is 0 Å². The van der Waals surface area contributed by atoms with Crippen LogP contribution in [0.4, 0.5) is 8.78 Å². The Morgan fingerprint density at radius 3 is 2.87 bits per heavy atom. The number of carbonyl (C=O) groups excluding carboxylic acids is 1. The molecule has 86 valence electrons. The van der Waals surface area contributed by atoms with Crippen LogP contribution in [0.2, 0.25) is 0 Å². The number of nitrogens with one attached hydrogen (secondary N) is 1. The monoisotopic (exact) mass is 222 g/mol. The van der Waals surface area contributed by atoms with Gasteiger partial charge in [0.2, 0.25) is 5.76 Å². The number of ether oxygens (including phenoxy) is 2. The zero-order valence-electron chi connectivity index (χ0n) is 7.96. The third-order valence-electron chi connectivity index (χ3n) is 1.68.